The van der Waals surface area contributed by atoms with Crippen LogP contribution in [0.1, 0.15) is 26.8 Å². The summed E-state index contributed by atoms with van der Waals surface area (Å²) in [6, 6.07) is 10.1. The molecule has 0 radical (unpaired) electrons. The molecule has 0 aliphatic carbocycles. The van der Waals surface area contributed by atoms with Gasteiger partial charge in [-0.05, 0) is 55.5 Å². The highest BCUT2D eigenvalue weighted by atomic mass is 79.9. The van der Waals surface area contributed by atoms with Crippen LogP contribution in [0.15, 0.2) is 38.6 Å². The van der Waals surface area contributed by atoms with Gasteiger partial charge in [-0.15, -0.1) is 11.3 Å². The molecule has 0 fully saturated rings. The number of carbonyl (C=O) groups is 1. The van der Waals surface area contributed by atoms with Crippen LogP contribution in [-0.4, -0.2) is 23.9 Å². The van der Waals surface area contributed by atoms with Gasteiger partial charge in [0.2, 0.25) is 0 Å². The van der Waals surface area contributed by atoms with E-state index in [9.17, 15) is 4.79 Å². The van der Waals surface area contributed by atoms with Crippen LogP contribution < -0.4 is 5.73 Å². The second kappa shape index (κ2) is 6.20. The second-order valence-corrected chi connectivity index (χ2v) is 8.16. The first-order valence-electron chi connectivity index (χ1n) is 6.65. The summed E-state index contributed by atoms with van der Waals surface area (Å²) in [6.45, 7) is 1.15. The second-order valence-electron chi connectivity index (χ2n) is 4.93. The van der Waals surface area contributed by atoms with Crippen LogP contribution in [0.3, 0.4) is 0 Å². The van der Waals surface area contributed by atoms with E-state index < -0.39 is 0 Å². The molecule has 2 N–H and O–H groups in total. The van der Waals surface area contributed by atoms with Crippen LogP contribution >= 0.6 is 43.2 Å². The minimum Gasteiger partial charge on any atom is -0.329 e. The van der Waals surface area contributed by atoms with Crippen molar-refractivity contribution in [1.29, 1.82) is 0 Å². The quantitative estimate of drug-likeness (QED) is 0.784. The maximum atomic E-state index is 12.8. The Hall–Kier alpha value is -0.690. The Kier molecular flexibility index (Phi) is 4.49. The molecular weight excluding hydrogens is 416 g/mol. The van der Waals surface area contributed by atoms with Gasteiger partial charge in [0.15, 0.2) is 0 Å². The highest BCUT2D eigenvalue weighted by Gasteiger charge is 2.31. The third-order valence-corrected chi connectivity index (χ3v) is 7.00. The topological polar surface area (TPSA) is 46.3 Å². The van der Waals surface area contributed by atoms with Crippen LogP contribution in [0, 0.1) is 0 Å². The van der Waals surface area contributed by atoms with Crippen LogP contribution in [0.2, 0.25) is 0 Å². The number of thiophene rings is 1. The molecule has 6 heteroatoms. The maximum Gasteiger partial charge on any atom is 0.264 e. The van der Waals surface area contributed by atoms with Crippen molar-refractivity contribution in [3.63, 3.8) is 0 Å². The summed E-state index contributed by atoms with van der Waals surface area (Å²) in [6.07, 6.45) is 0.881. The van der Waals surface area contributed by atoms with E-state index in [0.717, 1.165) is 19.6 Å². The molecule has 1 aliphatic heterocycles. The number of benzene rings is 1. The third kappa shape index (κ3) is 2.82. The number of rotatable bonds is 2. The lowest BCUT2D eigenvalue weighted by Crippen LogP contribution is -2.42. The highest BCUT2D eigenvalue weighted by Crippen LogP contribution is 2.36. The fraction of sp³-hybridized carbons (Fsp3) is 0.267. The standard InChI is InChI=1S/C15H14Br2N2OS/c16-11-7-13(21-14(11)17)15(20)19-6-5-9-3-1-2-4-10(9)12(19)8-18/h1-4,7,12H,5-6,8,18H2. The van der Waals surface area contributed by atoms with Gasteiger partial charge in [0.1, 0.15) is 0 Å². The van der Waals surface area contributed by atoms with Gasteiger partial charge in [-0.3, -0.25) is 4.79 Å². The zero-order chi connectivity index (χ0) is 15.0. The molecule has 0 saturated carbocycles. The molecule has 1 aliphatic rings. The van der Waals surface area contributed by atoms with E-state index >= 15 is 0 Å². The number of nitrogens with two attached hydrogens (primary N) is 1. The first kappa shape index (κ1) is 15.2. The van der Waals surface area contributed by atoms with Gasteiger partial charge in [-0.2, -0.15) is 0 Å². The van der Waals surface area contributed by atoms with Gasteiger partial charge in [0.25, 0.3) is 5.91 Å². The molecular formula is C15H14Br2N2OS. The van der Waals surface area contributed by atoms with E-state index in [1.807, 2.05) is 23.1 Å². The minimum atomic E-state index is -0.0397. The van der Waals surface area contributed by atoms with Crippen LogP contribution in [-0.2, 0) is 6.42 Å². The summed E-state index contributed by atoms with van der Waals surface area (Å²) in [7, 11) is 0. The number of halogens is 2. The van der Waals surface area contributed by atoms with Gasteiger partial charge in [-0.1, -0.05) is 24.3 Å². The summed E-state index contributed by atoms with van der Waals surface area (Å²) in [4.78, 5) is 15.4. The first-order chi connectivity index (χ1) is 10.1. The van der Waals surface area contributed by atoms with Crippen molar-refractivity contribution in [1.82, 2.24) is 4.90 Å². The third-order valence-electron chi connectivity index (χ3n) is 3.75. The zero-order valence-electron chi connectivity index (χ0n) is 11.2. The van der Waals surface area contributed by atoms with Crippen LogP contribution in [0.4, 0.5) is 0 Å². The lowest BCUT2D eigenvalue weighted by atomic mass is 9.92. The van der Waals surface area contributed by atoms with Crippen LogP contribution in [0.25, 0.3) is 0 Å². The average Bonchev–Trinajstić information content (AvgIpc) is 2.84. The Morgan fingerprint density at radius 2 is 2.14 bits per heavy atom. The number of nitrogens with zero attached hydrogens (tertiary/aromatic N) is 1. The normalized spacial score (nSPS) is 17.7. The van der Waals surface area contributed by atoms with Crippen molar-refractivity contribution < 1.29 is 4.79 Å². The molecule has 0 bridgehead atoms. The van der Waals surface area contributed by atoms with Crippen molar-refractivity contribution >= 4 is 49.1 Å². The molecule has 1 atom stereocenters. The van der Waals surface area contributed by atoms with Crippen molar-refractivity contribution in [3.05, 3.63) is 54.6 Å². The van der Waals surface area contributed by atoms with Crippen molar-refractivity contribution in [2.75, 3.05) is 13.1 Å². The van der Waals surface area contributed by atoms with E-state index in [0.29, 0.717) is 13.1 Å². The molecule has 1 aromatic carbocycles. The van der Waals surface area contributed by atoms with E-state index in [1.54, 1.807) is 0 Å². The lowest BCUT2D eigenvalue weighted by molar-refractivity contribution is 0.0673. The zero-order valence-corrected chi connectivity index (χ0v) is 15.2. The molecule has 2 heterocycles. The SMILES string of the molecule is NCC1c2ccccc2CCN1C(=O)c1cc(Br)c(Br)s1. The number of amides is 1. The van der Waals surface area contributed by atoms with Gasteiger partial charge in [0, 0.05) is 17.6 Å². The summed E-state index contributed by atoms with van der Waals surface area (Å²) in [5.41, 5.74) is 8.42. The molecule has 1 unspecified atom stereocenters. The fourth-order valence-electron chi connectivity index (χ4n) is 2.74. The van der Waals surface area contributed by atoms with E-state index in [-0.39, 0.29) is 11.9 Å². The molecule has 0 spiro atoms. The molecule has 3 rings (SSSR count). The van der Waals surface area contributed by atoms with E-state index in [4.69, 9.17) is 5.73 Å². The predicted octanol–water partition coefficient (Wildman–Crippen LogP) is 3.97. The lowest BCUT2D eigenvalue weighted by Gasteiger charge is -2.36. The summed E-state index contributed by atoms with van der Waals surface area (Å²) < 4.78 is 1.85. The molecule has 21 heavy (non-hydrogen) atoms. The maximum absolute atomic E-state index is 12.8. The Balaban J connectivity index is 1.94. The molecule has 1 aromatic heterocycles. The molecule has 2 aromatic rings. The number of hydrogen-bond donors (Lipinski definition) is 1. The van der Waals surface area contributed by atoms with Gasteiger partial charge in [0.05, 0.1) is 14.7 Å². The summed E-state index contributed by atoms with van der Waals surface area (Å²) in [5.74, 6) is 0.0522. The largest absolute Gasteiger partial charge is 0.329 e. The highest BCUT2D eigenvalue weighted by molar-refractivity contribution is 9.13. The van der Waals surface area contributed by atoms with Gasteiger partial charge in [-0.25, -0.2) is 0 Å². The van der Waals surface area contributed by atoms with Crippen molar-refractivity contribution in [3.8, 4) is 0 Å². The number of fused-ring (bicyclic) bond motifs is 1. The Labute approximate surface area is 144 Å². The minimum absolute atomic E-state index is 0.0397. The van der Waals surface area contributed by atoms with E-state index in [2.05, 4.69) is 44.0 Å². The molecule has 110 valence electrons. The number of carbonyl (C=O) groups excluding carboxylic acids is 1. The summed E-state index contributed by atoms with van der Waals surface area (Å²) >= 11 is 8.32. The Morgan fingerprint density at radius 1 is 1.38 bits per heavy atom. The monoisotopic (exact) mass is 428 g/mol. The Morgan fingerprint density at radius 3 is 2.81 bits per heavy atom. The predicted molar refractivity (Wildman–Crippen MR) is 92.7 cm³/mol. The van der Waals surface area contributed by atoms with Crippen molar-refractivity contribution in [2.45, 2.75) is 12.5 Å². The van der Waals surface area contributed by atoms with Gasteiger partial charge < -0.3 is 10.6 Å². The Bertz CT molecular complexity index is 667. The van der Waals surface area contributed by atoms with Crippen LogP contribution in [0.5, 0.6) is 0 Å². The number of hydrogen-bond acceptors (Lipinski definition) is 3. The summed E-state index contributed by atoms with van der Waals surface area (Å²) in [5, 5.41) is 0. The van der Waals surface area contributed by atoms with Gasteiger partial charge >= 0.3 is 0 Å². The smallest absolute Gasteiger partial charge is 0.264 e. The van der Waals surface area contributed by atoms with E-state index in [1.165, 1.54) is 22.5 Å². The van der Waals surface area contributed by atoms with Crippen molar-refractivity contribution in [2.24, 2.45) is 5.73 Å². The molecule has 1 amide bonds. The molecule has 0 saturated heterocycles. The average molecular weight is 430 g/mol. The molecule has 3 nitrogen and oxygen atoms in total. The first-order valence-corrected chi connectivity index (χ1v) is 9.05. The fourth-order valence-corrected chi connectivity index (χ4v) is 4.73.